The van der Waals surface area contributed by atoms with Crippen LogP contribution in [-0.4, -0.2) is 5.78 Å². The van der Waals surface area contributed by atoms with Gasteiger partial charge in [0.1, 0.15) is 5.82 Å². The number of ketones is 1. The van der Waals surface area contributed by atoms with Crippen LogP contribution in [0.1, 0.15) is 42.3 Å². The molecule has 21 heavy (non-hydrogen) atoms. The van der Waals surface area contributed by atoms with Crippen molar-refractivity contribution in [1.82, 2.24) is 0 Å². The summed E-state index contributed by atoms with van der Waals surface area (Å²) in [7, 11) is 0. The molecular weight excluding hydrogens is 263 g/mol. The second kappa shape index (κ2) is 6.04. The fourth-order valence-electron chi connectivity index (χ4n) is 1.98. The summed E-state index contributed by atoms with van der Waals surface area (Å²) >= 11 is 0. The standard InChI is InChI=1S/C19H19FO/c1-19(2,3)16-9-4-14(5-10-16)6-13-18(21)15-7-11-17(20)12-8-15/h4-13H,1-3H3/b13-6+. The second-order valence-electron chi connectivity index (χ2n) is 6.08. The smallest absolute Gasteiger partial charge is 0.185 e. The van der Waals surface area contributed by atoms with Crippen LogP contribution in [0.15, 0.2) is 54.6 Å². The molecule has 2 aromatic carbocycles. The minimum atomic E-state index is -0.340. The van der Waals surface area contributed by atoms with E-state index in [4.69, 9.17) is 0 Å². The van der Waals surface area contributed by atoms with Gasteiger partial charge in [0.2, 0.25) is 0 Å². The normalized spacial score (nSPS) is 11.8. The Morgan fingerprint density at radius 3 is 2.05 bits per heavy atom. The number of benzene rings is 2. The average Bonchev–Trinajstić information content (AvgIpc) is 2.45. The van der Waals surface area contributed by atoms with Gasteiger partial charge < -0.3 is 0 Å². The minimum Gasteiger partial charge on any atom is -0.289 e. The number of rotatable bonds is 3. The Morgan fingerprint density at radius 1 is 0.952 bits per heavy atom. The summed E-state index contributed by atoms with van der Waals surface area (Å²) < 4.78 is 12.8. The molecule has 0 aliphatic rings. The third-order valence-electron chi connectivity index (χ3n) is 3.33. The highest BCUT2D eigenvalue weighted by Gasteiger charge is 2.12. The summed E-state index contributed by atoms with van der Waals surface area (Å²) in [5, 5.41) is 0. The van der Waals surface area contributed by atoms with Crippen molar-refractivity contribution < 1.29 is 9.18 Å². The topological polar surface area (TPSA) is 17.1 Å². The molecule has 0 aliphatic carbocycles. The molecule has 0 saturated heterocycles. The van der Waals surface area contributed by atoms with Crippen LogP contribution < -0.4 is 0 Å². The first kappa shape index (κ1) is 15.2. The lowest BCUT2D eigenvalue weighted by Gasteiger charge is -2.18. The molecule has 0 N–H and O–H groups in total. The summed E-state index contributed by atoms with van der Waals surface area (Å²) in [4.78, 5) is 11.9. The lowest BCUT2D eigenvalue weighted by atomic mass is 9.87. The molecule has 2 rings (SSSR count). The zero-order chi connectivity index (χ0) is 15.5. The van der Waals surface area contributed by atoms with Gasteiger partial charge in [-0.15, -0.1) is 0 Å². The Bertz CT molecular complexity index is 643. The minimum absolute atomic E-state index is 0.117. The first-order chi connectivity index (χ1) is 9.86. The van der Waals surface area contributed by atoms with Crippen LogP contribution in [0.3, 0.4) is 0 Å². The average molecular weight is 282 g/mol. The number of halogens is 1. The van der Waals surface area contributed by atoms with Gasteiger partial charge in [-0.25, -0.2) is 4.39 Å². The molecule has 0 saturated carbocycles. The van der Waals surface area contributed by atoms with Crippen molar-refractivity contribution in [2.75, 3.05) is 0 Å². The molecule has 0 heterocycles. The molecule has 0 aliphatic heterocycles. The molecule has 108 valence electrons. The predicted octanol–water partition coefficient (Wildman–Crippen LogP) is 5.02. The molecule has 0 unspecified atom stereocenters. The third-order valence-corrected chi connectivity index (χ3v) is 3.33. The van der Waals surface area contributed by atoms with Crippen molar-refractivity contribution in [3.05, 3.63) is 77.1 Å². The van der Waals surface area contributed by atoms with E-state index >= 15 is 0 Å². The first-order valence-corrected chi connectivity index (χ1v) is 6.95. The number of hydrogen-bond donors (Lipinski definition) is 0. The third kappa shape index (κ3) is 4.12. The lowest BCUT2D eigenvalue weighted by Crippen LogP contribution is -2.10. The molecule has 1 nitrogen and oxygen atoms in total. The van der Waals surface area contributed by atoms with Gasteiger partial charge in [-0.05, 0) is 46.9 Å². The SMILES string of the molecule is CC(C)(C)c1ccc(/C=C/C(=O)c2ccc(F)cc2)cc1. The van der Waals surface area contributed by atoms with Crippen LogP contribution >= 0.6 is 0 Å². The van der Waals surface area contributed by atoms with Gasteiger partial charge in [-0.3, -0.25) is 4.79 Å². The van der Waals surface area contributed by atoms with Crippen molar-refractivity contribution in [2.24, 2.45) is 0 Å². The Balaban J connectivity index is 2.10. The van der Waals surface area contributed by atoms with Gasteiger partial charge in [0.25, 0.3) is 0 Å². The van der Waals surface area contributed by atoms with Crippen molar-refractivity contribution in [3.63, 3.8) is 0 Å². The van der Waals surface area contributed by atoms with Crippen LogP contribution in [0.5, 0.6) is 0 Å². The summed E-state index contributed by atoms with van der Waals surface area (Å²) in [5.74, 6) is -0.469. The van der Waals surface area contributed by atoms with Gasteiger partial charge in [0.05, 0.1) is 0 Å². The van der Waals surface area contributed by atoms with Crippen LogP contribution in [0, 0.1) is 5.82 Å². The molecule has 0 atom stereocenters. The monoisotopic (exact) mass is 282 g/mol. The van der Waals surface area contributed by atoms with Crippen LogP contribution in [0.4, 0.5) is 4.39 Å². The quantitative estimate of drug-likeness (QED) is 0.570. The zero-order valence-corrected chi connectivity index (χ0v) is 12.6. The van der Waals surface area contributed by atoms with Crippen molar-refractivity contribution in [1.29, 1.82) is 0 Å². The largest absolute Gasteiger partial charge is 0.289 e. The number of carbonyl (C=O) groups is 1. The maximum Gasteiger partial charge on any atom is 0.185 e. The fraction of sp³-hybridized carbons (Fsp3) is 0.211. The van der Waals surface area contributed by atoms with Gasteiger partial charge in [0, 0.05) is 5.56 Å². The molecular formula is C19H19FO. The summed E-state index contributed by atoms with van der Waals surface area (Å²) in [5.41, 5.74) is 2.83. The van der Waals surface area contributed by atoms with Crippen molar-refractivity contribution in [2.45, 2.75) is 26.2 Å². The van der Waals surface area contributed by atoms with E-state index < -0.39 is 0 Å². The molecule has 2 aromatic rings. The van der Waals surface area contributed by atoms with E-state index in [1.807, 2.05) is 12.1 Å². The molecule has 0 spiro atoms. The highest BCUT2D eigenvalue weighted by Crippen LogP contribution is 2.22. The van der Waals surface area contributed by atoms with E-state index in [-0.39, 0.29) is 17.0 Å². The van der Waals surface area contributed by atoms with E-state index in [1.54, 1.807) is 6.08 Å². The Labute approximate surface area is 125 Å². The van der Waals surface area contributed by atoms with E-state index in [9.17, 15) is 9.18 Å². The molecule has 0 amide bonds. The molecule has 0 fully saturated rings. The molecule has 2 heteroatoms. The number of allylic oxidation sites excluding steroid dienone is 1. The molecule has 0 aromatic heterocycles. The first-order valence-electron chi connectivity index (χ1n) is 6.95. The highest BCUT2D eigenvalue weighted by atomic mass is 19.1. The zero-order valence-electron chi connectivity index (χ0n) is 12.6. The van der Waals surface area contributed by atoms with E-state index in [1.165, 1.54) is 35.9 Å². The van der Waals surface area contributed by atoms with Gasteiger partial charge in [0.15, 0.2) is 5.78 Å². The predicted molar refractivity (Wildman–Crippen MR) is 84.9 cm³/mol. The summed E-state index contributed by atoms with van der Waals surface area (Å²) in [6, 6.07) is 13.7. The lowest BCUT2D eigenvalue weighted by molar-refractivity contribution is 0.104. The molecule has 0 radical (unpaired) electrons. The van der Waals surface area contributed by atoms with Crippen molar-refractivity contribution in [3.8, 4) is 0 Å². The van der Waals surface area contributed by atoms with Crippen LogP contribution in [0.25, 0.3) is 6.08 Å². The van der Waals surface area contributed by atoms with Gasteiger partial charge in [-0.1, -0.05) is 51.1 Å². The number of hydrogen-bond acceptors (Lipinski definition) is 1. The second-order valence-corrected chi connectivity index (χ2v) is 6.08. The van der Waals surface area contributed by atoms with Crippen LogP contribution in [-0.2, 0) is 5.41 Å². The number of carbonyl (C=O) groups excluding carboxylic acids is 1. The van der Waals surface area contributed by atoms with E-state index in [2.05, 4.69) is 32.9 Å². The van der Waals surface area contributed by atoms with E-state index in [0.717, 1.165) is 5.56 Å². The Morgan fingerprint density at radius 2 is 1.52 bits per heavy atom. The Hall–Kier alpha value is -2.22. The summed E-state index contributed by atoms with van der Waals surface area (Å²) in [6.07, 6.45) is 3.29. The van der Waals surface area contributed by atoms with Gasteiger partial charge >= 0.3 is 0 Å². The fourth-order valence-corrected chi connectivity index (χ4v) is 1.98. The van der Waals surface area contributed by atoms with Gasteiger partial charge in [-0.2, -0.15) is 0 Å². The highest BCUT2D eigenvalue weighted by molar-refractivity contribution is 6.06. The maximum atomic E-state index is 12.8. The van der Waals surface area contributed by atoms with Crippen LogP contribution in [0.2, 0.25) is 0 Å². The maximum absolute atomic E-state index is 12.8. The molecule has 0 bridgehead atoms. The van der Waals surface area contributed by atoms with Crippen molar-refractivity contribution >= 4 is 11.9 Å². The summed E-state index contributed by atoms with van der Waals surface area (Å²) in [6.45, 7) is 6.49. The van der Waals surface area contributed by atoms with E-state index in [0.29, 0.717) is 5.56 Å². The Kier molecular flexibility index (Phi) is 4.37.